The molecule has 3 aromatic rings. The molecule has 1 aliphatic heterocycles. The number of rotatable bonds is 11. The zero-order valence-electron chi connectivity index (χ0n) is 22.0. The summed E-state index contributed by atoms with van der Waals surface area (Å²) in [5.41, 5.74) is 5.59. The molecule has 2 heterocycles. The fourth-order valence-electron chi connectivity index (χ4n) is 5.93. The third-order valence-corrected chi connectivity index (χ3v) is 27.3. The number of nitrogens with zero attached hydrogens (tertiary/aromatic N) is 1. The first-order chi connectivity index (χ1) is 16.5. The normalized spacial score (nSPS) is 14.7. The Morgan fingerprint density at radius 1 is 0.676 bits per heavy atom. The standard InChI is InChI=1S/C19H16NS.3C4H9.Sn/c1-19(2)14-8-3-5-10-16(14)20(18-12-7-13-21-18)17-11-6-4-9-15(17)19;3*1-3-4-2;/h3-12H,1-2H3;3*1,3-4H2,2H3;. The molecule has 0 radical (unpaired) electrons. The third kappa shape index (κ3) is 4.87. The van der Waals surface area contributed by atoms with Crippen molar-refractivity contribution in [3.8, 4) is 0 Å². The molecule has 4 rings (SSSR count). The monoisotopic (exact) mass is 581 g/mol. The summed E-state index contributed by atoms with van der Waals surface area (Å²) in [6, 6.07) is 23.2. The van der Waals surface area contributed by atoms with Gasteiger partial charge in [0.05, 0.1) is 0 Å². The summed E-state index contributed by atoms with van der Waals surface area (Å²) in [6.45, 7) is 11.9. The van der Waals surface area contributed by atoms with Crippen molar-refractivity contribution in [1.82, 2.24) is 0 Å². The molecule has 1 nitrogen and oxygen atoms in total. The van der Waals surface area contributed by atoms with Crippen molar-refractivity contribution in [2.45, 2.75) is 91.9 Å². The molecule has 0 fully saturated rings. The van der Waals surface area contributed by atoms with Gasteiger partial charge in [-0.1, -0.05) is 0 Å². The van der Waals surface area contributed by atoms with Crippen molar-refractivity contribution in [1.29, 1.82) is 0 Å². The van der Waals surface area contributed by atoms with E-state index in [1.54, 1.807) is 0 Å². The quantitative estimate of drug-likeness (QED) is 0.204. The van der Waals surface area contributed by atoms with E-state index in [-0.39, 0.29) is 5.41 Å². The van der Waals surface area contributed by atoms with Gasteiger partial charge in [0.15, 0.2) is 0 Å². The summed E-state index contributed by atoms with van der Waals surface area (Å²) < 4.78 is 6.42. The van der Waals surface area contributed by atoms with E-state index in [1.807, 2.05) is 2.89 Å². The van der Waals surface area contributed by atoms with E-state index in [0.717, 1.165) is 0 Å². The predicted octanol–water partition coefficient (Wildman–Crippen LogP) is 9.91. The molecular formula is C31H43NSSn. The molecular weight excluding hydrogens is 537 g/mol. The Hall–Kier alpha value is -1.26. The molecule has 0 N–H and O–H groups in total. The number of hydrogen-bond acceptors (Lipinski definition) is 2. The van der Waals surface area contributed by atoms with Gasteiger partial charge in [0.25, 0.3) is 0 Å². The summed E-state index contributed by atoms with van der Waals surface area (Å²) in [4.78, 5) is 2.57. The number of benzene rings is 2. The molecule has 0 aliphatic carbocycles. The van der Waals surface area contributed by atoms with Gasteiger partial charge in [-0.3, -0.25) is 0 Å². The average molecular weight is 580 g/mol. The summed E-state index contributed by atoms with van der Waals surface area (Å²) >= 11 is -0.289. The minimum atomic E-state index is -2.43. The van der Waals surface area contributed by atoms with Crippen LogP contribution < -0.4 is 7.79 Å². The van der Waals surface area contributed by atoms with E-state index in [4.69, 9.17) is 0 Å². The van der Waals surface area contributed by atoms with Crippen molar-refractivity contribution in [2.75, 3.05) is 4.90 Å². The molecule has 1 aliphatic rings. The summed E-state index contributed by atoms with van der Waals surface area (Å²) in [5.74, 6) is 0. The summed E-state index contributed by atoms with van der Waals surface area (Å²) in [5, 5.41) is 1.41. The second-order valence-corrected chi connectivity index (χ2v) is 25.9. The molecule has 0 bridgehead atoms. The van der Waals surface area contributed by atoms with E-state index in [1.165, 1.54) is 79.3 Å². The van der Waals surface area contributed by atoms with Crippen molar-refractivity contribution >= 4 is 49.0 Å². The van der Waals surface area contributed by atoms with Crippen LogP contribution in [0.15, 0.2) is 60.7 Å². The molecule has 34 heavy (non-hydrogen) atoms. The van der Waals surface area contributed by atoms with Gasteiger partial charge in [-0.2, -0.15) is 0 Å². The molecule has 0 saturated heterocycles. The van der Waals surface area contributed by atoms with E-state index in [2.05, 4.69) is 112 Å². The number of thiophene rings is 1. The molecule has 0 atom stereocenters. The van der Waals surface area contributed by atoms with E-state index in [0.29, 0.717) is 0 Å². The maximum atomic E-state index is 2.57. The van der Waals surface area contributed by atoms with E-state index in [9.17, 15) is 0 Å². The molecule has 182 valence electrons. The first kappa shape index (κ1) is 25.8. The van der Waals surface area contributed by atoms with Gasteiger partial charge in [0.1, 0.15) is 0 Å². The predicted molar refractivity (Wildman–Crippen MR) is 156 cm³/mol. The molecule has 3 heteroatoms. The van der Waals surface area contributed by atoms with E-state index >= 15 is 0 Å². The molecule has 0 unspecified atom stereocenters. The number of para-hydroxylation sites is 2. The van der Waals surface area contributed by atoms with Crippen molar-refractivity contribution < 1.29 is 0 Å². The first-order valence-corrected chi connectivity index (χ1v) is 21.9. The van der Waals surface area contributed by atoms with Crippen LogP contribution in [-0.2, 0) is 5.41 Å². The molecule has 1 aromatic heterocycles. The Kier molecular flexibility index (Phi) is 8.51. The molecule has 0 spiro atoms. The molecule has 0 amide bonds. The third-order valence-electron chi connectivity index (χ3n) is 8.00. The zero-order chi connectivity index (χ0) is 24.2. The molecule has 2 aromatic carbocycles. The van der Waals surface area contributed by atoms with Crippen molar-refractivity contribution in [3.63, 3.8) is 0 Å². The van der Waals surface area contributed by atoms with Gasteiger partial charge < -0.3 is 0 Å². The van der Waals surface area contributed by atoms with Crippen LogP contribution in [0.25, 0.3) is 0 Å². The van der Waals surface area contributed by atoms with Crippen LogP contribution in [0.1, 0.15) is 84.3 Å². The van der Waals surface area contributed by atoms with Crippen LogP contribution >= 0.6 is 11.3 Å². The second-order valence-electron chi connectivity index (χ2n) is 10.7. The fourth-order valence-corrected chi connectivity index (χ4v) is 26.1. The Balaban J connectivity index is 1.81. The topological polar surface area (TPSA) is 3.24 Å². The van der Waals surface area contributed by atoms with Crippen LogP contribution in [-0.4, -0.2) is 18.4 Å². The van der Waals surface area contributed by atoms with Crippen molar-refractivity contribution in [3.05, 3.63) is 71.8 Å². The van der Waals surface area contributed by atoms with E-state index < -0.39 is 18.4 Å². The maximum absolute atomic E-state index is 2.57. The summed E-state index contributed by atoms with van der Waals surface area (Å²) in [6.07, 6.45) is 8.24. The SMILES string of the molecule is CCC[CH2][Sn]([CH2]CCC)([CH2]CCC)[c]1ccc(N2c3ccccc3C(C)(C)c3ccccc32)s1. The fraction of sp³-hybridized carbons (Fsp3) is 0.484. The number of fused-ring (bicyclic) bond motifs is 2. The van der Waals surface area contributed by atoms with Crippen molar-refractivity contribution in [2.24, 2.45) is 0 Å². The first-order valence-electron chi connectivity index (χ1n) is 13.6. The summed E-state index contributed by atoms with van der Waals surface area (Å²) in [7, 11) is 0. The van der Waals surface area contributed by atoms with Gasteiger partial charge in [-0.15, -0.1) is 0 Å². The van der Waals surface area contributed by atoms with Gasteiger partial charge >= 0.3 is 218 Å². The number of hydrogen-bond donors (Lipinski definition) is 0. The van der Waals surface area contributed by atoms with Gasteiger partial charge in [-0.25, -0.2) is 0 Å². The van der Waals surface area contributed by atoms with Gasteiger partial charge in [0.2, 0.25) is 0 Å². The second kappa shape index (κ2) is 11.2. The number of unbranched alkanes of at least 4 members (excludes halogenated alkanes) is 3. The van der Waals surface area contributed by atoms with Crippen LogP contribution in [0.4, 0.5) is 16.4 Å². The van der Waals surface area contributed by atoms with Gasteiger partial charge in [-0.05, 0) is 0 Å². The Labute approximate surface area is 216 Å². The van der Waals surface area contributed by atoms with Crippen LogP contribution in [0.3, 0.4) is 0 Å². The average Bonchev–Trinajstić information content (AvgIpc) is 3.34. The molecule has 0 saturated carbocycles. The van der Waals surface area contributed by atoms with Crippen LogP contribution in [0.5, 0.6) is 0 Å². The van der Waals surface area contributed by atoms with Crippen LogP contribution in [0, 0.1) is 0 Å². The Bertz CT molecular complexity index is 1010. The zero-order valence-corrected chi connectivity index (χ0v) is 25.7. The Morgan fingerprint density at radius 2 is 1.15 bits per heavy atom. The van der Waals surface area contributed by atoms with Gasteiger partial charge in [0, 0.05) is 0 Å². The Morgan fingerprint density at radius 3 is 1.62 bits per heavy atom. The minimum absolute atomic E-state index is 0.0101. The van der Waals surface area contributed by atoms with Crippen LogP contribution in [0.2, 0.25) is 13.3 Å². The number of anilines is 3.